The number of hydrogen-bond donors (Lipinski definition) is 1. The number of nitrogens with zero attached hydrogens (tertiary/aromatic N) is 2. The van der Waals surface area contributed by atoms with Gasteiger partial charge in [-0.05, 0) is 25.1 Å². The van der Waals surface area contributed by atoms with E-state index in [2.05, 4.69) is 5.32 Å². The van der Waals surface area contributed by atoms with Crippen LogP contribution in [0.5, 0.6) is 5.75 Å². The lowest BCUT2D eigenvalue weighted by Crippen LogP contribution is -2.52. The van der Waals surface area contributed by atoms with Crippen LogP contribution in [-0.4, -0.2) is 82.6 Å². The molecule has 1 N–H and O–H groups in total. The second-order valence-electron chi connectivity index (χ2n) is 6.43. The summed E-state index contributed by atoms with van der Waals surface area (Å²) in [5.74, 6) is 0.0708. The SMILES string of the molecule is COc1ccc(C(=O)N2CCNC[C@@H]2C)cc1S(=O)(=O)N1CCOCC1.Cl. The molecule has 0 saturated carbocycles. The molecule has 3 rings (SSSR count). The molecule has 1 aromatic carbocycles. The van der Waals surface area contributed by atoms with Crippen LogP contribution in [0.2, 0.25) is 0 Å². The quantitative estimate of drug-likeness (QED) is 0.767. The Morgan fingerprint density at radius 2 is 1.96 bits per heavy atom. The largest absolute Gasteiger partial charge is 0.495 e. The normalized spacial score (nSPS) is 21.4. The van der Waals surface area contributed by atoms with Gasteiger partial charge in [-0.3, -0.25) is 4.79 Å². The van der Waals surface area contributed by atoms with Crippen molar-refractivity contribution >= 4 is 28.3 Å². The molecule has 1 aromatic rings. The van der Waals surface area contributed by atoms with E-state index in [9.17, 15) is 13.2 Å². The maximum Gasteiger partial charge on any atom is 0.254 e. The summed E-state index contributed by atoms with van der Waals surface area (Å²) in [6.45, 7) is 5.32. The van der Waals surface area contributed by atoms with Crippen molar-refractivity contribution in [3.8, 4) is 5.75 Å². The second kappa shape index (κ2) is 9.20. The first-order chi connectivity index (χ1) is 12.4. The number of hydrogen-bond acceptors (Lipinski definition) is 6. The highest BCUT2D eigenvalue weighted by Crippen LogP contribution is 2.29. The summed E-state index contributed by atoms with van der Waals surface area (Å²) < 4.78 is 37.9. The molecular formula is C17H26ClN3O5S. The topological polar surface area (TPSA) is 88.2 Å². The van der Waals surface area contributed by atoms with Gasteiger partial charge in [-0.25, -0.2) is 8.42 Å². The molecule has 0 unspecified atom stereocenters. The Labute approximate surface area is 166 Å². The van der Waals surface area contributed by atoms with E-state index < -0.39 is 10.0 Å². The highest BCUT2D eigenvalue weighted by atomic mass is 35.5. The van der Waals surface area contributed by atoms with Crippen LogP contribution in [0.3, 0.4) is 0 Å². The fraction of sp³-hybridized carbons (Fsp3) is 0.588. The van der Waals surface area contributed by atoms with Gasteiger partial charge in [0.1, 0.15) is 10.6 Å². The first kappa shape index (κ1) is 21.9. The van der Waals surface area contributed by atoms with Gasteiger partial charge < -0.3 is 19.7 Å². The predicted octanol–water partition coefficient (Wildman–Crippen LogP) is 0.572. The second-order valence-corrected chi connectivity index (χ2v) is 8.34. The predicted molar refractivity (Wildman–Crippen MR) is 103 cm³/mol. The summed E-state index contributed by atoms with van der Waals surface area (Å²) in [4.78, 5) is 14.7. The average molecular weight is 420 g/mol. The lowest BCUT2D eigenvalue weighted by molar-refractivity contribution is 0.0655. The summed E-state index contributed by atoms with van der Waals surface area (Å²) in [7, 11) is -2.34. The van der Waals surface area contributed by atoms with Crippen molar-refractivity contribution in [1.29, 1.82) is 0 Å². The molecule has 2 saturated heterocycles. The molecule has 2 heterocycles. The highest BCUT2D eigenvalue weighted by molar-refractivity contribution is 7.89. The molecule has 8 nitrogen and oxygen atoms in total. The minimum absolute atomic E-state index is 0. The van der Waals surface area contributed by atoms with Gasteiger partial charge in [0, 0.05) is 44.3 Å². The molecule has 0 radical (unpaired) electrons. The van der Waals surface area contributed by atoms with E-state index in [1.54, 1.807) is 17.0 Å². The first-order valence-corrected chi connectivity index (χ1v) is 10.2. The van der Waals surface area contributed by atoms with Gasteiger partial charge in [0.25, 0.3) is 5.91 Å². The summed E-state index contributed by atoms with van der Waals surface area (Å²) in [5.41, 5.74) is 0.353. The van der Waals surface area contributed by atoms with Gasteiger partial charge in [-0.1, -0.05) is 0 Å². The summed E-state index contributed by atoms with van der Waals surface area (Å²) in [6, 6.07) is 4.65. The van der Waals surface area contributed by atoms with E-state index in [4.69, 9.17) is 9.47 Å². The van der Waals surface area contributed by atoms with Crippen LogP contribution in [-0.2, 0) is 14.8 Å². The summed E-state index contributed by atoms with van der Waals surface area (Å²) >= 11 is 0. The number of halogens is 1. The minimum Gasteiger partial charge on any atom is -0.495 e. The first-order valence-electron chi connectivity index (χ1n) is 8.73. The number of carbonyl (C=O) groups excluding carboxylic acids is 1. The smallest absolute Gasteiger partial charge is 0.254 e. The van der Waals surface area contributed by atoms with Crippen molar-refractivity contribution < 1.29 is 22.7 Å². The number of carbonyl (C=O) groups is 1. The number of nitrogens with one attached hydrogen (secondary N) is 1. The maximum atomic E-state index is 13.0. The van der Waals surface area contributed by atoms with E-state index in [-0.39, 0.29) is 35.0 Å². The van der Waals surface area contributed by atoms with Gasteiger partial charge in [0.2, 0.25) is 10.0 Å². The zero-order valence-corrected chi connectivity index (χ0v) is 17.1. The number of amides is 1. The van der Waals surface area contributed by atoms with E-state index in [0.717, 1.165) is 13.1 Å². The summed E-state index contributed by atoms with van der Waals surface area (Å²) in [6.07, 6.45) is 0. The molecule has 2 aliphatic heterocycles. The van der Waals surface area contributed by atoms with E-state index in [1.165, 1.54) is 17.5 Å². The van der Waals surface area contributed by atoms with Gasteiger partial charge in [0.05, 0.1) is 20.3 Å². The van der Waals surface area contributed by atoms with Gasteiger partial charge in [0.15, 0.2) is 0 Å². The average Bonchev–Trinajstić information content (AvgIpc) is 2.68. The third kappa shape index (κ3) is 4.55. The Morgan fingerprint density at radius 1 is 1.26 bits per heavy atom. The molecule has 0 aliphatic carbocycles. The van der Waals surface area contributed by atoms with Crippen molar-refractivity contribution in [2.45, 2.75) is 17.9 Å². The Kier molecular flexibility index (Phi) is 7.47. The van der Waals surface area contributed by atoms with Crippen molar-refractivity contribution in [3.63, 3.8) is 0 Å². The lowest BCUT2D eigenvalue weighted by Gasteiger charge is -2.34. The number of ether oxygens (including phenoxy) is 2. The molecular weight excluding hydrogens is 394 g/mol. The van der Waals surface area contributed by atoms with E-state index >= 15 is 0 Å². The third-order valence-electron chi connectivity index (χ3n) is 4.76. The van der Waals surface area contributed by atoms with Crippen molar-refractivity contribution in [1.82, 2.24) is 14.5 Å². The molecule has 0 aromatic heterocycles. The van der Waals surface area contributed by atoms with Crippen LogP contribution in [0.15, 0.2) is 23.1 Å². The third-order valence-corrected chi connectivity index (χ3v) is 6.68. The standard InChI is InChI=1S/C17H25N3O5S.ClH/c1-13-12-18-5-6-20(13)17(21)14-3-4-15(24-2)16(11-14)26(22,23)19-7-9-25-10-8-19;/h3-4,11,13,18H,5-10,12H2,1-2H3;1H/t13-;/m0./s1. The molecule has 152 valence electrons. The zero-order chi connectivity index (χ0) is 18.7. The molecule has 0 spiro atoms. The van der Waals surface area contributed by atoms with E-state index in [1.807, 2.05) is 6.92 Å². The lowest BCUT2D eigenvalue weighted by atomic mass is 10.1. The molecule has 0 bridgehead atoms. The Morgan fingerprint density at radius 3 is 2.59 bits per heavy atom. The van der Waals surface area contributed by atoms with Gasteiger partial charge in [-0.15, -0.1) is 12.4 Å². The Balaban J connectivity index is 0.00000261. The van der Waals surface area contributed by atoms with Gasteiger partial charge in [-0.2, -0.15) is 4.31 Å². The number of sulfonamides is 1. The molecule has 1 atom stereocenters. The van der Waals surface area contributed by atoms with E-state index in [0.29, 0.717) is 38.4 Å². The number of rotatable bonds is 4. The van der Waals surface area contributed by atoms with Gasteiger partial charge >= 0.3 is 0 Å². The number of morpholine rings is 1. The number of methoxy groups -OCH3 is 1. The summed E-state index contributed by atoms with van der Waals surface area (Å²) in [5, 5.41) is 3.24. The van der Waals surface area contributed by atoms with Crippen molar-refractivity contribution in [2.24, 2.45) is 0 Å². The van der Waals surface area contributed by atoms with Crippen LogP contribution in [0.1, 0.15) is 17.3 Å². The molecule has 27 heavy (non-hydrogen) atoms. The highest BCUT2D eigenvalue weighted by Gasteiger charge is 2.31. The fourth-order valence-corrected chi connectivity index (χ4v) is 4.84. The van der Waals surface area contributed by atoms with Crippen molar-refractivity contribution in [3.05, 3.63) is 23.8 Å². The number of benzene rings is 1. The molecule has 1 amide bonds. The maximum absolute atomic E-state index is 13.0. The Bertz CT molecular complexity index is 768. The molecule has 2 aliphatic rings. The van der Waals surface area contributed by atoms with Crippen LogP contribution in [0, 0.1) is 0 Å². The van der Waals surface area contributed by atoms with Crippen LogP contribution < -0.4 is 10.1 Å². The van der Waals surface area contributed by atoms with Crippen LogP contribution in [0.4, 0.5) is 0 Å². The van der Waals surface area contributed by atoms with Crippen molar-refractivity contribution in [2.75, 3.05) is 53.0 Å². The monoisotopic (exact) mass is 419 g/mol. The zero-order valence-electron chi connectivity index (χ0n) is 15.5. The van der Waals surface area contributed by atoms with Crippen LogP contribution >= 0.6 is 12.4 Å². The Hall–Kier alpha value is -1.39. The molecule has 10 heteroatoms. The minimum atomic E-state index is -3.76. The number of piperazine rings is 1. The molecule has 2 fully saturated rings. The van der Waals surface area contributed by atoms with Crippen LogP contribution in [0.25, 0.3) is 0 Å². The fourth-order valence-electron chi connectivity index (χ4n) is 3.25.